The summed E-state index contributed by atoms with van der Waals surface area (Å²) < 4.78 is 44.4. The molecule has 18 nitrogen and oxygen atoms in total. The lowest BCUT2D eigenvalue weighted by Gasteiger charge is -2.39. The highest BCUT2D eigenvalue weighted by molar-refractivity contribution is 5.87. The first kappa shape index (κ1) is 50.6. The molecule has 4 amide bonds. The van der Waals surface area contributed by atoms with Crippen molar-refractivity contribution in [3.05, 3.63) is 82.9 Å². The number of carbonyl (C=O) groups is 4. The topological polar surface area (TPSA) is 222 Å². The Balaban J connectivity index is 0.901. The van der Waals surface area contributed by atoms with Gasteiger partial charge < -0.3 is 59.9 Å². The number of nitrogens with one attached hydrogen (secondary N) is 4. The van der Waals surface area contributed by atoms with Crippen LogP contribution in [0.3, 0.4) is 0 Å². The van der Waals surface area contributed by atoms with E-state index < -0.39 is 35.9 Å². The molecule has 0 saturated carbocycles. The highest BCUT2D eigenvalue weighted by Crippen LogP contribution is 2.49. The largest absolute Gasteiger partial charge is 0.465 e. The summed E-state index contributed by atoms with van der Waals surface area (Å²) in [4.78, 5) is 76.7. The number of likely N-dealkylation sites (tertiary alicyclic amines) is 2. The van der Waals surface area contributed by atoms with E-state index in [0.717, 1.165) is 47.8 Å². The Hall–Kier alpha value is -6.54. The molecular weight excluding hydrogens is 967 g/mol. The number of anilines is 2. The first-order chi connectivity index (χ1) is 36.2. The molecule has 6 N–H and O–H groups in total. The van der Waals surface area contributed by atoms with Crippen molar-refractivity contribution < 1.29 is 47.6 Å². The van der Waals surface area contributed by atoms with Gasteiger partial charge in [0.05, 0.1) is 46.2 Å². The molecule has 6 saturated heterocycles. The van der Waals surface area contributed by atoms with Crippen LogP contribution in [0, 0.1) is 28.9 Å². The molecule has 0 radical (unpaired) electrons. The highest BCUT2D eigenvalue weighted by Gasteiger charge is 2.43. The second-order valence-electron chi connectivity index (χ2n) is 22.4. The van der Waals surface area contributed by atoms with Crippen LogP contribution < -0.4 is 20.4 Å². The Labute approximate surface area is 433 Å². The van der Waals surface area contributed by atoms with Crippen LogP contribution in [0.25, 0.3) is 22.1 Å². The number of H-pyrrole nitrogens is 2. The molecule has 75 heavy (non-hydrogen) atoms. The van der Waals surface area contributed by atoms with Crippen LogP contribution in [-0.2, 0) is 19.1 Å². The van der Waals surface area contributed by atoms with E-state index in [-0.39, 0.29) is 58.9 Å². The lowest BCUT2D eigenvalue weighted by Crippen LogP contribution is -2.52. The number of aromatic amines is 2. The second kappa shape index (κ2) is 20.9. The summed E-state index contributed by atoms with van der Waals surface area (Å²) in [6, 6.07) is 11.7. The summed E-state index contributed by atoms with van der Waals surface area (Å²) >= 11 is 0. The van der Waals surface area contributed by atoms with E-state index in [4.69, 9.17) is 19.4 Å². The fourth-order valence-electron chi connectivity index (χ4n) is 13.1. The smallest absolute Gasteiger partial charge is 0.405 e. The Morgan fingerprint density at radius 2 is 1.07 bits per heavy atom. The molecule has 6 aliphatic rings. The number of aromatic nitrogens is 4. The molecule has 20 heteroatoms. The summed E-state index contributed by atoms with van der Waals surface area (Å²) in [5.41, 5.74) is 5.23. The van der Waals surface area contributed by atoms with Gasteiger partial charge in [-0.15, -0.1) is 0 Å². The van der Waals surface area contributed by atoms with E-state index in [2.05, 4.69) is 39.3 Å². The van der Waals surface area contributed by atoms with Crippen LogP contribution in [0.4, 0.5) is 29.7 Å². The molecule has 6 aliphatic heterocycles. The van der Waals surface area contributed by atoms with E-state index in [9.17, 15) is 29.4 Å². The third-order valence-electron chi connectivity index (χ3n) is 17.2. The van der Waals surface area contributed by atoms with Crippen molar-refractivity contribution in [2.24, 2.45) is 17.3 Å². The first-order valence-electron chi connectivity index (χ1n) is 27.0. The fourth-order valence-corrected chi connectivity index (χ4v) is 13.1. The van der Waals surface area contributed by atoms with Crippen molar-refractivity contribution in [2.45, 2.75) is 127 Å². The maximum Gasteiger partial charge on any atom is 0.405 e. The average molecular weight is 1040 g/mol. The van der Waals surface area contributed by atoms with Crippen molar-refractivity contribution in [2.75, 3.05) is 62.4 Å². The number of fused-ring (bicyclic) bond motifs is 2. The zero-order chi connectivity index (χ0) is 52.1. The average Bonchev–Trinajstić information content (AvgIpc) is 4.27. The van der Waals surface area contributed by atoms with Gasteiger partial charge in [0.2, 0.25) is 11.8 Å². The van der Waals surface area contributed by atoms with Crippen molar-refractivity contribution in [1.82, 2.24) is 40.4 Å². The number of amides is 4. The number of piperidine rings is 1. The van der Waals surface area contributed by atoms with Crippen molar-refractivity contribution in [3.8, 4) is 0 Å². The Morgan fingerprint density at radius 1 is 0.627 bits per heavy atom. The van der Waals surface area contributed by atoms with Gasteiger partial charge in [-0.25, -0.2) is 28.3 Å². The van der Waals surface area contributed by atoms with E-state index in [1.54, 1.807) is 9.80 Å². The quantitative estimate of drug-likeness (QED) is 0.0690. The third-order valence-corrected chi connectivity index (χ3v) is 17.2. The molecule has 5 aromatic rings. The van der Waals surface area contributed by atoms with E-state index in [1.807, 2.05) is 41.3 Å². The SMILES string of the molecule is CC1(C)CCN(c2c(F)cc(N3[C@@H](c4ccc5nc(C6CCCN6C(=O)C(NC(=O)O)C6CCOCC6)[nH]c5c4)CC[C@H]3c3ccc4nc(C5CCCN5C(=O)[C@@H](NC(=O)O)C5CCOCC5)[nH]c4c3)cc2F)CC1. The van der Waals surface area contributed by atoms with Gasteiger partial charge in [-0.05, 0) is 142 Å². The predicted molar refractivity (Wildman–Crippen MR) is 275 cm³/mol. The van der Waals surface area contributed by atoms with Crippen LogP contribution in [-0.4, -0.2) is 129 Å². The van der Waals surface area contributed by atoms with Crippen LogP contribution in [0.5, 0.6) is 0 Å². The number of imidazole rings is 2. The van der Waals surface area contributed by atoms with Crippen molar-refractivity contribution >= 4 is 57.4 Å². The number of hydrogen-bond acceptors (Lipinski definition) is 10. The number of ether oxygens (including phenoxy) is 2. The zero-order valence-electron chi connectivity index (χ0n) is 42.7. The van der Waals surface area contributed by atoms with Gasteiger partial charge in [0.15, 0.2) is 11.6 Å². The van der Waals surface area contributed by atoms with Gasteiger partial charge in [0.1, 0.15) is 29.4 Å². The molecule has 400 valence electrons. The molecule has 6 atom stereocenters. The second-order valence-corrected chi connectivity index (χ2v) is 22.4. The predicted octanol–water partition coefficient (Wildman–Crippen LogP) is 8.88. The summed E-state index contributed by atoms with van der Waals surface area (Å²) in [5.74, 6) is -0.883. The number of carbonyl (C=O) groups excluding carboxylic acids is 2. The molecule has 8 heterocycles. The zero-order valence-corrected chi connectivity index (χ0v) is 42.7. The van der Waals surface area contributed by atoms with Crippen molar-refractivity contribution in [1.29, 1.82) is 0 Å². The lowest BCUT2D eigenvalue weighted by molar-refractivity contribution is -0.137. The Morgan fingerprint density at radius 3 is 1.49 bits per heavy atom. The molecule has 0 bridgehead atoms. The standard InChI is InChI=1S/C55H68F2N10O8/c1-55(2)17-21-64(22-18-55)48-36(56)29-35(30-37(48)57)67-42(33-7-9-38-40(27-33)60-49(58-38)44-5-3-19-65(44)51(68)46(62-53(70)71)31-13-23-74-24-14-31)11-12-43(67)34-8-10-39-41(28-34)61-50(59-39)45-6-4-20-66(45)52(69)47(63-54(72)73)32-15-25-75-26-16-32/h7-10,27-32,42-47,62-63H,3-6,11-26H2,1-2H3,(H,58,60)(H,59,61)(H,70,71)(H,72,73)/t42-,43+,44?,45?,46-,47?/m0/s1. The van der Waals surface area contributed by atoms with E-state index in [1.165, 1.54) is 12.1 Å². The number of benzene rings is 3. The van der Waals surface area contributed by atoms with E-state index in [0.29, 0.717) is 132 Å². The van der Waals surface area contributed by atoms with Gasteiger partial charge in [-0.2, -0.15) is 0 Å². The van der Waals surface area contributed by atoms with Crippen molar-refractivity contribution in [3.63, 3.8) is 0 Å². The molecule has 6 fully saturated rings. The molecular formula is C55H68F2N10O8. The number of hydrogen-bond donors (Lipinski definition) is 6. The molecule has 0 spiro atoms. The Bertz CT molecular complexity index is 2770. The molecule has 11 rings (SSSR count). The molecule has 3 aromatic carbocycles. The van der Waals surface area contributed by atoms with Gasteiger partial charge in [-0.1, -0.05) is 26.0 Å². The third kappa shape index (κ3) is 10.2. The van der Waals surface area contributed by atoms with Gasteiger partial charge in [-0.3, -0.25) is 9.59 Å². The minimum absolute atomic E-state index is 0.00567. The lowest BCUT2D eigenvalue weighted by atomic mass is 9.82. The maximum absolute atomic E-state index is 16.7. The maximum atomic E-state index is 16.7. The number of carboxylic acid groups (broad SMARTS) is 2. The summed E-state index contributed by atoms with van der Waals surface area (Å²) in [5, 5.41) is 24.5. The normalized spacial score (nSPS) is 24.5. The van der Waals surface area contributed by atoms with Gasteiger partial charge in [0.25, 0.3) is 0 Å². The fraction of sp³-hybridized carbons (Fsp3) is 0.564. The minimum atomic E-state index is -1.24. The highest BCUT2D eigenvalue weighted by atomic mass is 19.1. The van der Waals surface area contributed by atoms with E-state index >= 15 is 8.78 Å². The summed E-state index contributed by atoms with van der Waals surface area (Å²) in [7, 11) is 0. The van der Waals surface area contributed by atoms with Gasteiger partial charge >= 0.3 is 12.2 Å². The minimum Gasteiger partial charge on any atom is -0.465 e. The molecule has 2 aromatic heterocycles. The Kier molecular flexibility index (Phi) is 14.1. The summed E-state index contributed by atoms with van der Waals surface area (Å²) in [6.45, 7) is 8.30. The van der Waals surface area contributed by atoms with Crippen LogP contribution in [0.2, 0.25) is 0 Å². The number of rotatable bonds is 12. The summed E-state index contributed by atoms with van der Waals surface area (Å²) in [6.07, 6.45) is 5.59. The van der Waals surface area contributed by atoms with Crippen LogP contribution >= 0.6 is 0 Å². The monoisotopic (exact) mass is 1030 g/mol. The van der Waals surface area contributed by atoms with Crippen LogP contribution in [0.1, 0.15) is 138 Å². The number of nitrogens with zero attached hydrogens (tertiary/aromatic N) is 6. The van der Waals surface area contributed by atoms with Crippen LogP contribution in [0.15, 0.2) is 48.5 Å². The molecule has 3 unspecified atom stereocenters. The molecule has 0 aliphatic carbocycles. The van der Waals surface area contributed by atoms with Gasteiger partial charge in [0, 0.05) is 58.3 Å². The number of halogens is 2. The first-order valence-corrected chi connectivity index (χ1v) is 27.0.